The summed E-state index contributed by atoms with van der Waals surface area (Å²) in [4.78, 5) is 12.5. The van der Waals surface area contributed by atoms with Gasteiger partial charge in [-0.15, -0.1) is 0 Å². The summed E-state index contributed by atoms with van der Waals surface area (Å²) >= 11 is 0. The monoisotopic (exact) mass is 830 g/mol. The highest BCUT2D eigenvalue weighted by Gasteiger charge is 2.18. The van der Waals surface area contributed by atoms with Crippen LogP contribution in [0.3, 0.4) is 0 Å². The maximum absolute atomic E-state index is 12.5. The Balaban J connectivity index is 3.51. The molecule has 2 atom stereocenters. The van der Waals surface area contributed by atoms with Crippen LogP contribution < -0.4 is 5.32 Å². The summed E-state index contributed by atoms with van der Waals surface area (Å²) in [6.07, 6.45) is 67.6. The molecule has 0 heterocycles. The van der Waals surface area contributed by atoms with Crippen molar-refractivity contribution < 1.29 is 15.0 Å². The Labute approximate surface area is 370 Å². The molecule has 2 unspecified atom stereocenters. The Hall–Kier alpha value is -1.13. The van der Waals surface area contributed by atoms with Gasteiger partial charge in [0.05, 0.1) is 18.8 Å². The molecule has 0 aromatic carbocycles. The van der Waals surface area contributed by atoms with Gasteiger partial charge in [-0.3, -0.25) is 4.79 Å². The first-order chi connectivity index (χ1) is 29.2. The summed E-state index contributed by atoms with van der Waals surface area (Å²) in [7, 11) is 0. The van der Waals surface area contributed by atoms with Crippen LogP contribution in [0, 0.1) is 0 Å². The first kappa shape index (κ1) is 57.9. The zero-order valence-electron chi connectivity index (χ0n) is 40.3. The fraction of sp³-hybridized carbons (Fsp3) is 0.909. The van der Waals surface area contributed by atoms with Gasteiger partial charge in [0.25, 0.3) is 0 Å². The van der Waals surface area contributed by atoms with E-state index in [4.69, 9.17) is 0 Å². The van der Waals surface area contributed by atoms with Crippen molar-refractivity contribution in [2.75, 3.05) is 6.61 Å². The smallest absolute Gasteiger partial charge is 0.220 e. The highest BCUT2D eigenvalue weighted by Crippen LogP contribution is 2.17. The minimum Gasteiger partial charge on any atom is -0.394 e. The zero-order valence-corrected chi connectivity index (χ0v) is 40.3. The van der Waals surface area contributed by atoms with E-state index in [2.05, 4.69) is 31.3 Å². The van der Waals surface area contributed by atoms with Crippen LogP contribution in [0.1, 0.15) is 303 Å². The number of nitrogens with one attached hydrogen (secondary N) is 1. The lowest BCUT2D eigenvalue weighted by Crippen LogP contribution is -2.45. The molecule has 0 aromatic rings. The van der Waals surface area contributed by atoms with Crippen LogP contribution >= 0.6 is 0 Å². The van der Waals surface area contributed by atoms with E-state index in [0.29, 0.717) is 6.42 Å². The average molecular weight is 830 g/mol. The van der Waals surface area contributed by atoms with Gasteiger partial charge in [0.1, 0.15) is 0 Å². The number of hydrogen-bond acceptors (Lipinski definition) is 3. The highest BCUT2D eigenvalue weighted by molar-refractivity contribution is 5.76. The van der Waals surface area contributed by atoms with E-state index in [1.165, 1.54) is 250 Å². The SMILES string of the molecule is CCCCCCCCCCCCCCCCCCCC/C=C/CC/C=C/C(O)C(CO)NC(=O)CCCCCCCCCCCCCCCCCCCCCCCCC. The number of carbonyl (C=O) groups is 1. The Morgan fingerprint density at radius 3 is 0.983 bits per heavy atom. The minimum atomic E-state index is -0.859. The van der Waals surface area contributed by atoms with Gasteiger partial charge in [-0.1, -0.05) is 289 Å². The molecule has 4 heteroatoms. The Morgan fingerprint density at radius 1 is 0.390 bits per heavy atom. The van der Waals surface area contributed by atoms with Gasteiger partial charge in [0, 0.05) is 6.42 Å². The first-order valence-corrected chi connectivity index (χ1v) is 27.1. The lowest BCUT2D eigenvalue weighted by molar-refractivity contribution is -0.123. The lowest BCUT2D eigenvalue weighted by atomic mass is 10.0. The maximum Gasteiger partial charge on any atom is 0.220 e. The van der Waals surface area contributed by atoms with E-state index in [-0.39, 0.29) is 12.5 Å². The van der Waals surface area contributed by atoms with Crippen molar-refractivity contribution in [1.29, 1.82) is 0 Å². The van der Waals surface area contributed by atoms with Crippen molar-refractivity contribution in [1.82, 2.24) is 5.32 Å². The maximum atomic E-state index is 12.5. The quantitative estimate of drug-likeness (QED) is 0.0422. The molecule has 0 saturated heterocycles. The van der Waals surface area contributed by atoms with Gasteiger partial charge in [-0.05, 0) is 32.1 Å². The van der Waals surface area contributed by atoms with E-state index in [9.17, 15) is 15.0 Å². The van der Waals surface area contributed by atoms with Crippen molar-refractivity contribution in [2.45, 2.75) is 315 Å². The molecule has 0 aliphatic rings. The fourth-order valence-electron chi connectivity index (χ4n) is 8.55. The standard InChI is InChI=1S/C55H107NO3/c1-3-5-7-9-11-13-15-17-19-21-23-25-27-29-30-32-34-36-38-40-42-44-46-48-50-54(58)53(52-57)56-55(59)51-49-47-45-43-41-39-37-35-33-31-28-26-24-22-20-18-16-14-12-10-8-6-4-2/h40,42,48,50,53-54,57-58H,3-39,41,43-47,49,51-52H2,1-2H3,(H,56,59)/b42-40+,50-48+. The predicted molar refractivity (Wildman–Crippen MR) is 262 cm³/mol. The van der Waals surface area contributed by atoms with E-state index < -0.39 is 12.1 Å². The molecule has 59 heavy (non-hydrogen) atoms. The van der Waals surface area contributed by atoms with Gasteiger partial charge in [-0.25, -0.2) is 0 Å². The molecule has 4 nitrogen and oxygen atoms in total. The van der Waals surface area contributed by atoms with Gasteiger partial charge in [-0.2, -0.15) is 0 Å². The van der Waals surface area contributed by atoms with Crippen molar-refractivity contribution in [3.05, 3.63) is 24.3 Å². The Bertz CT molecular complexity index is 855. The highest BCUT2D eigenvalue weighted by atomic mass is 16.3. The summed E-state index contributed by atoms with van der Waals surface area (Å²) in [5.74, 6) is -0.0671. The lowest BCUT2D eigenvalue weighted by Gasteiger charge is -2.19. The summed E-state index contributed by atoms with van der Waals surface area (Å²) < 4.78 is 0. The summed E-state index contributed by atoms with van der Waals surface area (Å²) in [5, 5.41) is 23.1. The number of allylic oxidation sites excluding steroid dienone is 3. The second-order valence-corrected chi connectivity index (χ2v) is 18.7. The Morgan fingerprint density at radius 2 is 0.661 bits per heavy atom. The molecule has 0 radical (unpaired) electrons. The van der Waals surface area contributed by atoms with Gasteiger partial charge in [0.15, 0.2) is 0 Å². The van der Waals surface area contributed by atoms with E-state index in [1.807, 2.05) is 6.08 Å². The van der Waals surface area contributed by atoms with Crippen LogP contribution in [-0.2, 0) is 4.79 Å². The topological polar surface area (TPSA) is 69.6 Å². The molecule has 0 aliphatic heterocycles. The second-order valence-electron chi connectivity index (χ2n) is 18.7. The minimum absolute atomic E-state index is 0.0671. The van der Waals surface area contributed by atoms with Gasteiger partial charge in [0.2, 0.25) is 5.91 Å². The third kappa shape index (κ3) is 47.8. The van der Waals surface area contributed by atoms with E-state index in [1.54, 1.807) is 6.08 Å². The number of unbranched alkanes of at least 4 members (excludes halogenated alkanes) is 41. The number of rotatable bonds is 50. The number of aliphatic hydroxyl groups excluding tert-OH is 2. The largest absolute Gasteiger partial charge is 0.394 e. The van der Waals surface area contributed by atoms with E-state index in [0.717, 1.165) is 32.1 Å². The fourth-order valence-corrected chi connectivity index (χ4v) is 8.55. The van der Waals surface area contributed by atoms with Gasteiger partial charge >= 0.3 is 0 Å². The van der Waals surface area contributed by atoms with Crippen molar-refractivity contribution in [3.8, 4) is 0 Å². The molecular weight excluding hydrogens is 723 g/mol. The molecule has 0 aromatic heterocycles. The number of hydrogen-bond donors (Lipinski definition) is 3. The van der Waals surface area contributed by atoms with Crippen LogP contribution in [0.2, 0.25) is 0 Å². The molecule has 0 bridgehead atoms. The normalized spacial score (nSPS) is 12.9. The van der Waals surface area contributed by atoms with Crippen LogP contribution in [0.4, 0.5) is 0 Å². The number of carbonyl (C=O) groups excluding carboxylic acids is 1. The third-order valence-corrected chi connectivity index (χ3v) is 12.7. The molecule has 1 amide bonds. The molecule has 350 valence electrons. The average Bonchev–Trinajstić information content (AvgIpc) is 3.24. The molecule has 0 spiro atoms. The van der Waals surface area contributed by atoms with Crippen molar-refractivity contribution in [3.63, 3.8) is 0 Å². The molecule has 0 aliphatic carbocycles. The van der Waals surface area contributed by atoms with E-state index >= 15 is 0 Å². The predicted octanol–water partition coefficient (Wildman–Crippen LogP) is 17.5. The molecule has 0 fully saturated rings. The summed E-state index contributed by atoms with van der Waals surface area (Å²) in [6, 6.07) is -0.636. The second kappa shape index (κ2) is 51.2. The summed E-state index contributed by atoms with van der Waals surface area (Å²) in [5.41, 5.74) is 0. The third-order valence-electron chi connectivity index (χ3n) is 12.7. The van der Waals surface area contributed by atoms with Crippen LogP contribution in [0.5, 0.6) is 0 Å². The van der Waals surface area contributed by atoms with Crippen molar-refractivity contribution in [2.24, 2.45) is 0 Å². The van der Waals surface area contributed by atoms with Gasteiger partial charge < -0.3 is 15.5 Å². The molecule has 3 N–H and O–H groups in total. The molecule has 0 saturated carbocycles. The number of aliphatic hydroxyl groups is 2. The number of amides is 1. The van der Waals surface area contributed by atoms with Crippen LogP contribution in [-0.4, -0.2) is 34.9 Å². The zero-order chi connectivity index (χ0) is 42.8. The first-order valence-electron chi connectivity index (χ1n) is 27.1. The van der Waals surface area contributed by atoms with Crippen LogP contribution in [0.15, 0.2) is 24.3 Å². The molecular formula is C55H107NO3. The molecule has 0 rings (SSSR count). The van der Waals surface area contributed by atoms with Crippen LogP contribution in [0.25, 0.3) is 0 Å². The summed E-state index contributed by atoms with van der Waals surface area (Å²) in [6.45, 7) is 4.34. The van der Waals surface area contributed by atoms with Crippen molar-refractivity contribution >= 4 is 5.91 Å². The Kier molecular flexibility index (Phi) is 50.2.